The molecule has 6 heteroatoms. The predicted octanol–water partition coefficient (Wildman–Crippen LogP) is 2.79. The summed E-state index contributed by atoms with van der Waals surface area (Å²) < 4.78 is 9.76. The van der Waals surface area contributed by atoms with Crippen LogP contribution in [0.15, 0.2) is 0 Å². The first kappa shape index (κ1) is 20.4. The smallest absolute Gasteiger partial charge is 0.347 e. The summed E-state index contributed by atoms with van der Waals surface area (Å²) in [6.07, 6.45) is 1.16. The van der Waals surface area contributed by atoms with Gasteiger partial charge in [0.05, 0.1) is 17.4 Å². The highest BCUT2D eigenvalue weighted by Gasteiger charge is 2.35. The van der Waals surface area contributed by atoms with Crippen molar-refractivity contribution in [1.82, 2.24) is 0 Å². The van der Waals surface area contributed by atoms with Crippen molar-refractivity contribution in [2.45, 2.75) is 66.9 Å². The number of carboxylic acids is 1. The molecule has 1 N–H and O–H groups in total. The van der Waals surface area contributed by atoms with Gasteiger partial charge in [0.1, 0.15) is 0 Å². The van der Waals surface area contributed by atoms with Crippen molar-refractivity contribution < 1.29 is 29.0 Å². The lowest BCUT2D eigenvalue weighted by atomic mass is 9.90. The van der Waals surface area contributed by atoms with Crippen molar-refractivity contribution >= 4 is 17.9 Å². The minimum Gasteiger partial charge on any atom is -0.481 e. The number of hydrogen-bond donors (Lipinski definition) is 1. The molecule has 0 aromatic heterocycles. The molecule has 1 atom stereocenters. The number of esters is 2. The van der Waals surface area contributed by atoms with Gasteiger partial charge in [-0.3, -0.25) is 9.59 Å². The molecule has 1 fully saturated rings. The van der Waals surface area contributed by atoms with E-state index in [2.05, 4.69) is 0 Å². The number of aliphatic carboxylic acids is 1. The Morgan fingerprint density at radius 2 is 1.68 bits per heavy atom. The number of ether oxygens (including phenoxy) is 2. The van der Waals surface area contributed by atoms with Crippen LogP contribution >= 0.6 is 0 Å². The van der Waals surface area contributed by atoms with Gasteiger partial charge < -0.3 is 14.6 Å². The van der Waals surface area contributed by atoms with Crippen molar-refractivity contribution in [3.63, 3.8) is 0 Å². The fourth-order valence-electron chi connectivity index (χ4n) is 1.17. The van der Waals surface area contributed by atoms with Crippen LogP contribution in [0, 0.1) is 10.8 Å². The Bertz CT molecular complexity index is 411. The molecule has 1 aliphatic rings. The maximum atomic E-state index is 11.6. The first-order valence-electron chi connectivity index (χ1n) is 7.59. The average molecular weight is 316 g/mol. The summed E-state index contributed by atoms with van der Waals surface area (Å²) in [6.45, 7) is 11.2. The van der Waals surface area contributed by atoms with E-state index in [0.717, 1.165) is 0 Å². The van der Waals surface area contributed by atoms with Gasteiger partial charge in [0, 0.05) is 6.42 Å². The second-order valence-electron chi connectivity index (χ2n) is 6.63. The van der Waals surface area contributed by atoms with Gasteiger partial charge in [-0.2, -0.15) is 0 Å². The van der Waals surface area contributed by atoms with Crippen LogP contribution in [-0.4, -0.2) is 35.7 Å². The summed E-state index contributed by atoms with van der Waals surface area (Å²) in [6, 6.07) is 0. The summed E-state index contributed by atoms with van der Waals surface area (Å²) in [5.74, 6) is -1.48. The van der Waals surface area contributed by atoms with Gasteiger partial charge in [0.2, 0.25) is 6.10 Å². The Balaban J connectivity index is 0.000000472. The van der Waals surface area contributed by atoms with Crippen LogP contribution in [0.3, 0.4) is 0 Å². The minimum atomic E-state index is -0.722. The van der Waals surface area contributed by atoms with Crippen LogP contribution in [-0.2, 0) is 23.9 Å². The molecular weight excluding hydrogens is 288 g/mol. The zero-order chi connectivity index (χ0) is 17.6. The summed E-state index contributed by atoms with van der Waals surface area (Å²) in [5.41, 5.74) is -1.07. The number of carbonyl (C=O) groups is 3. The molecule has 1 unspecified atom stereocenters. The Morgan fingerprint density at radius 3 is 1.95 bits per heavy atom. The monoisotopic (exact) mass is 316 g/mol. The Hall–Kier alpha value is -1.59. The standard InChI is InChI=1S/C10H16O4.C6H12O2/c1-4-10(2,3)9(12)14-7-5-6-13-8(7)11;1-4-6(2,3)5(7)8/h7H,4-6H2,1-3H3;4H2,1-3H3,(H,7,8). The minimum absolute atomic E-state index is 0.330. The molecule has 0 spiro atoms. The summed E-state index contributed by atoms with van der Waals surface area (Å²) in [5, 5.41) is 8.44. The summed E-state index contributed by atoms with van der Waals surface area (Å²) in [4.78, 5) is 32.8. The Labute approximate surface area is 132 Å². The van der Waals surface area contributed by atoms with Gasteiger partial charge in [-0.1, -0.05) is 13.8 Å². The molecule has 0 aliphatic carbocycles. The maximum Gasteiger partial charge on any atom is 0.347 e. The topological polar surface area (TPSA) is 89.9 Å². The van der Waals surface area contributed by atoms with E-state index in [0.29, 0.717) is 25.9 Å². The van der Waals surface area contributed by atoms with Crippen molar-refractivity contribution in [2.75, 3.05) is 6.61 Å². The van der Waals surface area contributed by atoms with Crippen molar-refractivity contribution in [2.24, 2.45) is 10.8 Å². The Kier molecular flexibility index (Phi) is 7.56. The third-order valence-corrected chi connectivity index (χ3v) is 4.04. The zero-order valence-electron chi connectivity index (χ0n) is 14.4. The van der Waals surface area contributed by atoms with Crippen LogP contribution in [0.2, 0.25) is 0 Å². The number of cyclic esters (lactones) is 1. The van der Waals surface area contributed by atoms with E-state index in [4.69, 9.17) is 14.6 Å². The van der Waals surface area contributed by atoms with Crippen LogP contribution in [0.1, 0.15) is 60.8 Å². The zero-order valence-corrected chi connectivity index (χ0v) is 14.4. The molecule has 6 nitrogen and oxygen atoms in total. The molecule has 0 amide bonds. The highest BCUT2D eigenvalue weighted by Crippen LogP contribution is 2.24. The SMILES string of the molecule is CCC(C)(C)C(=O)O.CCC(C)(C)C(=O)OC1CCOC1=O. The van der Waals surface area contributed by atoms with Gasteiger partial charge in [-0.15, -0.1) is 0 Å². The van der Waals surface area contributed by atoms with Gasteiger partial charge in [0.25, 0.3) is 0 Å². The fourth-order valence-corrected chi connectivity index (χ4v) is 1.17. The molecule has 0 radical (unpaired) electrons. The van der Waals surface area contributed by atoms with E-state index in [1.165, 1.54) is 0 Å². The quantitative estimate of drug-likeness (QED) is 0.784. The van der Waals surface area contributed by atoms with Crippen molar-refractivity contribution in [3.8, 4) is 0 Å². The first-order valence-corrected chi connectivity index (χ1v) is 7.59. The summed E-state index contributed by atoms with van der Waals surface area (Å²) in [7, 11) is 0. The second-order valence-corrected chi connectivity index (χ2v) is 6.63. The molecule has 22 heavy (non-hydrogen) atoms. The predicted molar refractivity (Wildman–Crippen MR) is 81.2 cm³/mol. The lowest BCUT2D eigenvalue weighted by molar-refractivity contribution is -0.167. The highest BCUT2D eigenvalue weighted by atomic mass is 16.6. The number of hydrogen-bond acceptors (Lipinski definition) is 5. The average Bonchev–Trinajstić information content (AvgIpc) is 2.84. The normalized spacial score (nSPS) is 18.1. The van der Waals surface area contributed by atoms with Crippen LogP contribution < -0.4 is 0 Å². The second kappa shape index (κ2) is 8.15. The third-order valence-electron chi connectivity index (χ3n) is 4.04. The molecule has 128 valence electrons. The molecule has 0 saturated carbocycles. The van der Waals surface area contributed by atoms with E-state index >= 15 is 0 Å². The maximum absolute atomic E-state index is 11.6. The van der Waals surface area contributed by atoms with Crippen LogP contribution in [0.4, 0.5) is 0 Å². The van der Waals surface area contributed by atoms with E-state index in [1.54, 1.807) is 27.7 Å². The largest absolute Gasteiger partial charge is 0.481 e. The highest BCUT2D eigenvalue weighted by molar-refractivity contribution is 5.82. The molecule has 1 aliphatic heterocycles. The number of rotatable bonds is 5. The first-order chi connectivity index (χ1) is 9.97. The molecular formula is C16H28O6. The van der Waals surface area contributed by atoms with Crippen molar-refractivity contribution in [1.29, 1.82) is 0 Å². The molecule has 1 saturated heterocycles. The summed E-state index contributed by atoms with van der Waals surface area (Å²) >= 11 is 0. The van der Waals surface area contributed by atoms with E-state index in [9.17, 15) is 14.4 Å². The van der Waals surface area contributed by atoms with Gasteiger partial charge >= 0.3 is 17.9 Å². The molecule has 0 aromatic rings. The molecule has 0 bridgehead atoms. The van der Waals surface area contributed by atoms with Crippen molar-refractivity contribution in [3.05, 3.63) is 0 Å². The van der Waals surface area contributed by atoms with E-state index in [1.807, 2.05) is 13.8 Å². The fraction of sp³-hybridized carbons (Fsp3) is 0.812. The lowest BCUT2D eigenvalue weighted by Gasteiger charge is -2.21. The van der Waals surface area contributed by atoms with E-state index in [-0.39, 0.29) is 5.97 Å². The molecule has 0 aromatic carbocycles. The number of carbonyl (C=O) groups excluding carboxylic acids is 2. The lowest BCUT2D eigenvalue weighted by Crippen LogP contribution is -2.32. The molecule has 1 rings (SSSR count). The van der Waals surface area contributed by atoms with Gasteiger partial charge in [0.15, 0.2) is 0 Å². The van der Waals surface area contributed by atoms with E-state index < -0.39 is 28.9 Å². The van der Waals surface area contributed by atoms with Gasteiger partial charge in [-0.05, 0) is 40.5 Å². The van der Waals surface area contributed by atoms with Crippen LogP contribution in [0.5, 0.6) is 0 Å². The van der Waals surface area contributed by atoms with Crippen LogP contribution in [0.25, 0.3) is 0 Å². The number of carboxylic acid groups (broad SMARTS) is 1. The molecule has 1 heterocycles. The Morgan fingerprint density at radius 1 is 1.18 bits per heavy atom. The van der Waals surface area contributed by atoms with Gasteiger partial charge in [-0.25, -0.2) is 4.79 Å². The third kappa shape index (κ3) is 6.03.